The van der Waals surface area contributed by atoms with Crippen LogP contribution in [-0.2, 0) is 7.05 Å². The van der Waals surface area contributed by atoms with Gasteiger partial charge in [-0.1, -0.05) is 5.92 Å². The van der Waals surface area contributed by atoms with E-state index >= 15 is 0 Å². The van der Waals surface area contributed by atoms with Gasteiger partial charge >= 0.3 is 6.18 Å². The minimum absolute atomic E-state index is 0.271. The minimum atomic E-state index is -4.67. The van der Waals surface area contributed by atoms with Crippen LogP contribution in [0.3, 0.4) is 0 Å². The van der Waals surface area contributed by atoms with Crippen molar-refractivity contribution < 1.29 is 18.3 Å². The average molecular weight is 274 g/mol. The van der Waals surface area contributed by atoms with Crippen LogP contribution in [0.4, 0.5) is 13.2 Å². The molecule has 0 bridgehead atoms. The van der Waals surface area contributed by atoms with E-state index in [0.29, 0.717) is 0 Å². The standard InChI is InChI=1S/C12H13F3N2O2/c1-4-6-17(3)11(12(13,14)15)9-10(19)8(18)5-7-16(9)2/h1,5,7,11,19H,6H2,2-3H3. The number of hydrogen-bond donors (Lipinski definition) is 1. The average Bonchev–Trinajstić information content (AvgIpc) is 2.28. The maximum absolute atomic E-state index is 13.1. The normalized spacial score (nSPS) is 13.3. The second kappa shape index (κ2) is 5.36. The third-order valence-electron chi connectivity index (χ3n) is 2.66. The van der Waals surface area contributed by atoms with Crippen LogP contribution in [0, 0.1) is 12.3 Å². The van der Waals surface area contributed by atoms with E-state index in [4.69, 9.17) is 6.42 Å². The summed E-state index contributed by atoms with van der Waals surface area (Å²) >= 11 is 0. The first-order valence-corrected chi connectivity index (χ1v) is 5.29. The van der Waals surface area contributed by atoms with Gasteiger partial charge in [-0.3, -0.25) is 9.69 Å². The van der Waals surface area contributed by atoms with Crippen LogP contribution in [0.5, 0.6) is 5.75 Å². The van der Waals surface area contributed by atoms with Crippen LogP contribution >= 0.6 is 0 Å². The van der Waals surface area contributed by atoms with Crippen LogP contribution in [-0.4, -0.2) is 34.3 Å². The fourth-order valence-corrected chi connectivity index (χ4v) is 1.80. The zero-order chi connectivity index (χ0) is 14.8. The molecular formula is C12H13F3N2O2. The molecule has 104 valence electrons. The quantitative estimate of drug-likeness (QED) is 0.844. The lowest BCUT2D eigenvalue weighted by Gasteiger charge is -2.30. The van der Waals surface area contributed by atoms with E-state index in [1.165, 1.54) is 20.3 Å². The maximum atomic E-state index is 13.1. The molecule has 0 aromatic carbocycles. The number of pyridine rings is 1. The topological polar surface area (TPSA) is 45.5 Å². The molecule has 1 N–H and O–H groups in total. The van der Waals surface area contributed by atoms with E-state index in [0.717, 1.165) is 15.5 Å². The molecule has 0 radical (unpaired) electrons. The molecular weight excluding hydrogens is 261 g/mol. The summed E-state index contributed by atoms with van der Waals surface area (Å²) in [5.74, 6) is 1.18. The molecule has 1 atom stereocenters. The highest BCUT2D eigenvalue weighted by molar-refractivity contribution is 5.30. The van der Waals surface area contributed by atoms with E-state index in [-0.39, 0.29) is 6.54 Å². The van der Waals surface area contributed by atoms with Crippen molar-refractivity contribution in [2.75, 3.05) is 13.6 Å². The molecule has 1 aromatic heterocycles. The number of alkyl halides is 3. The monoisotopic (exact) mass is 274 g/mol. The van der Waals surface area contributed by atoms with Crippen LogP contribution in [0.15, 0.2) is 17.1 Å². The molecule has 0 aliphatic carbocycles. The largest absolute Gasteiger partial charge is 0.503 e. The number of aromatic nitrogens is 1. The fourth-order valence-electron chi connectivity index (χ4n) is 1.80. The molecule has 0 saturated heterocycles. The van der Waals surface area contributed by atoms with Gasteiger partial charge in [-0.05, 0) is 7.05 Å². The second-order valence-electron chi connectivity index (χ2n) is 4.09. The van der Waals surface area contributed by atoms with E-state index in [1.807, 2.05) is 0 Å². The number of rotatable bonds is 3. The predicted molar refractivity (Wildman–Crippen MR) is 63.6 cm³/mol. The minimum Gasteiger partial charge on any atom is -0.503 e. The van der Waals surface area contributed by atoms with Crippen molar-refractivity contribution in [3.63, 3.8) is 0 Å². The first-order valence-electron chi connectivity index (χ1n) is 5.29. The lowest BCUT2D eigenvalue weighted by Crippen LogP contribution is -2.38. The molecule has 19 heavy (non-hydrogen) atoms. The number of terminal acetylenes is 1. The zero-order valence-electron chi connectivity index (χ0n) is 10.4. The van der Waals surface area contributed by atoms with Gasteiger partial charge in [0.25, 0.3) is 0 Å². The van der Waals surface area contributed by atoms with Crippen molar-refractivity contribution in [2.24, 2.45) is 7.05 Å². The molecule has 0 saturated carbocycles. The van der Waals surface area contributed by atoms with Crippen molar-refractivity contribution in [1.29, 1.82) is 0 Å². The summed E-state index contributed by atoms with van der Waals surface area (Å²) in [4.78, 5) is 12.2. The van der Waals surface area contributed by atoms with E-state index in [1.54, 1.807) is 0 Å². The molecule has 0 spiro atoms. The van der Waals surface area contributed by atoms with Gasteiger partial charge in [0.1, 0.15) is 0 Å². The third kappa shape index (κ3) is 3.09. The van der Waals surface area contributed by atoms with Gasteiger partial charge in [0.2, 0.25) is 5.43 Å². The van der Waals surface area contributed by atoms with Crippen molar-refractivity contribution in [1.82, 2.24) is 9.47 Å². The Hall–Kier alpha value is -1.94. The second-order valence-corrected chi connectivity index (χ2v) is 4.09. The summed E-state index contributed by atoms with van der Waals surface area (Å²) in [5, 5.41) is 9.62. The van der Waals surface area contributed by atoms with Gasteiger partial charge in [-0.25, -0.2) is 0 Å². The molecule has 1 heterocycles. The SMILES string of the molecule is C#CCN(C)C(c1c(O)c(=O)ccn1C)C(F)(F)F. The number of aryl methyl sites for hydroxylation is 1. The zero-order valence-corrected chi connectivity index (χ0v) is 10.4. The van der Waals surface area contributed by atoms with E-state index in [9.17, 15) is 23.1 Å². The molecule has 0 aliphatic heterocycles. The Bertz CT molecular complexity index is 558. The number of aromatic hydroxyl groups is 1. The molecule has 0 aliphatic rings. The summed E-state index contributed by atoms with van der Waals surface area (Å²) < 4.78 is 40.5. The van der Waals surface area contributed by atoms with Gasteiger partial charge in [0.15, 0.2) is 11.8 Å². The molecule has 1 aromatic rings. The highest BCUT2D eigenvalue weighted by Crippen LogP contribution is 2.38. The number of nitrogens with zero attached hydrogens (tertiary/aromatic N) is 2. The summed E-state index contributed by atoms with van der Waals surface area (Å²) in [6, 6.07) is -1.16. The summed E-state index contributed by atoms with van der Waals surface area (Å²) in [5.41, 5.74) is -1.39. The predicted octanol–water partition coefficient (Wildman–Crippen LogP) is 1.26. The number of halogens is 3. The van der Waals surface area contributed by atoms with Crippen molar-refractivity contribution >= 4 is 0 Å². The van der Waals surface area contributed by atoms with Crippen LogP contribution in [0.1, 0.15) is 11.7 Å². The van der Waals surface area contributed by atoms with E-state index < -0.39 is 29.1 Å². The highest BCUT2D eigenvalue weighted by Gasteiger charge is 2.46. The molecule has 4 nitrogen and oxygen atoms in total. The maximum Gasteiger partial charge on any atom is 0.409 e. The Kier molecular flexibility index (Phi) is 4.27. The van der Waals surface area contributed by atoms with Gasteiger partial charge < -0.3 is 9.67 Å². The van der Waals surface area contributed by atoms with Gasteiger partial charge in [-0.2, -0.15) is 13.2 Å². The Labute approximate surface area is 108 Å². The summed E-state index contributed by atoms with van der Waals surface area (Å²) in [7, 11) is 2.49. The molecule has 1 unspecified atom stereocenters. The first kappa shape index (κ1) is 15.1. The fraction of sp³-hybridized carbons (Fsp3) is 0.417. The first-order chi connectivity index (χ1) is 8.70. The third-order valence-corrected chi connectivity index (χ3v) is 2.66. The summed E-state index contributed by atoms with van der Waals surface area (Å²) in [6.45, 7) is -0.271. The molecule has 0 amide bonds. The Balaban J connectivity index is 3.47. The Morgan fingerprint density at radius 3 is 2.63 bits per heavy atom. The van der Waals surface area contributed by atoms with Crippen LogP contribution in [0.25, 0.3) is 0 Å². The molecule has 1 rings (SSSR count). The van der Waals surface area contributed by atoms with Crippen molar-refractivity contribution in [2.45, 2.75) is 12.2 Å². The lowest BCUT2D eigenvalue weighted by molar-refractivity contribution is -0.183. The Morgan fingerprint density at radius 2 is 2.16 bits per heavy atom. The lowest BCUT2D eigenvalue weighted by atomic mass is 10.1. The van der Waals surface area contributed by atoms with Gasteiger partial charge in [0.05, 0.1) is 12.2 Å². The molecule has 0 fully saturated rings. The van der Waals surface area contributed by atoms with Gasteiger partial charge in [0, 0.05) is 19.3 Å². The summed E-state index contributed by atoms with van der Waals surface area (Å²) in [6.07, 6.45) is 1.50. The van der Waals surface area contributed by atoms with Crippen LogP contribution in [0.2, 0.25) is 0 Å². The Morgan fingerprint density at radius 1 is 1.58 bits per heavy atom. The smallest absolute Gasteiger partial charge is 0.409 e. The van der Waals surface area contributed by atoms with E-state index in [2.05, 4.69) is 5.92 Å². The number of hydrogen-bond acceptors (Lipinski definition) is 3. The highest BCUT2D eigenvalue weighted by atomic mass is 19.4. The van der Waals surface area contributed by atoms with Gasteiger partial charge in [-0.15, -0.1) is 6.42 Å². The van der Waals surface area contributed by atoms with Crippen molar-refractivity contribution in [3.05, 3.63) is 28.2 Å². The van der Waals surface area contributed by atoms with Crippen molar-refractivity contribution in [3.8, 4) is 18.1 Å². The van der Waals surface area contributed by atoms with Crippen LogP contribution < -0.4 is 5.43 Å². The molecule has 7 heteroatoms.